The van der Waals surface area contributed by atoms with E-state index in [0.717, 1.165) is 28.1 Å². The van der Waals surface area contributed by atoms with Gasteiger partial charge in [-0.25, -0.2) is 18.1 Å². The maximum absolute atomic E-state index is 13.9. The van der Waals surface area contributed by atoms with Gasteiger partial charge in [-0.2, -0.15) is 10.2 Å². The van der Waals surface area contributed by atoms with Crippen LogP contribution in [0.25, 0.3) is 16.6 Å². The summed E-state index contributed by atoms with van der Waals surface area (Å²) in [5, 5.41) is 11.8. The van der Waals surface area contributed by atoms with Crippen molar-refractivity contribution in [1.29, 1.82) is 0 Å². The Bertz CT molecular complexity index is 1390. The van der Waals surface area contributed by atoms with Crippen LogP contribution in [0, 0.1) is 18.6 Å². The van der Waals surface area contributed by atoms with Crippen LogP contribution in [0.15, 0.2) is 53.5 Å². The summed E-state index contributed by atoms with van der Waals surface area (Å²) in [5.41, 5.74) is 1.90. The van der Waals surface area contributed by atoms with Gasteiger partial charge in [-0.3, -0.25) is 9.59 Å². The molecule has 1 N–H and O–H groups in total. The van der Waals surface area contributed by atoms with E-state index >= 15 is 0 Å². The number of rotatable bonds is 5. The Morgan fingerprint density at radius 2 is 1.91 bits per heavy atom. The SMILES string of the molecule is Cc1ccccc1-n1ncc2c(C(C)C)nn(CC(=O)Nc3ccc(F)cc3F)c(=O)c21. The molecule has 0 atom stereocenters. The second-order valence-electron chi connectivity index (χ2n) is 7.78. The maximum Gasteiger partial charge on any atom is 0.293 e. The number of carbonyl (C=O) groups excluding carboxylic acids is 1. The lowest BCUT2D eigenvalue weighted by Crippen LogP contribution is -2.32. The highest BCUT2D eigenvalue weighted by molar-refractivity contribution is 5.91. The molecular formula is C23H21F2N5O2. The van der Waals surface area contributed by atoms with E-state index in [9.17, 15) is 18.4 Å². The van der Waals surface area contributed by atoms with Crippen molar-refractivity contribution in [2.24, 2.45) is 0 Å². The number of nitrogens with zero attached hydrogens (tertiary/aromatic N) is 4. The fraction of sp³-hybridized carbons (Fsp3) is 0.217. The molecule has 9 heteroatoms. The molecule has 0 aliphatic carbocycles. The van der Waals surface area contributed by atoms with Gasteiger partial charge in [-0.15, -0.1) is 0 Å². The molecule has 0 bridgehead atoms. The normalized spacial score (nSPS) is 11.3. The van der Waals surface area contributed by atoms with E-state index in [2.05, 4.69) is 15.5 Å². The first kappa shape index (κ1) is 21.4. The number of halogens is 2. The Labute approximate surface area is 182 Å². The van der Waals surface area contributed by atoms with Crippen molar-refractivity contribution < 1.29 is 13.6 Å². The zero-order valence-electron chi connectivity index (χ0n) is 17.8. The zero-order chi connectivity index (χ0) is 23.0. The number of aryl methyl sites for hydroxylation is 1. The molecule has 32 heavy (non-hydrogen) atoms. The highest BCUT2D eigenvalue weighted by Crippen LogP contribution is 2.24. The molecule has 2 aromatic carbocycles. The second-order valence-corrected chi connectivity index (χ2v) is 7.78. The van der Waals surface area contributed by atoms with Crippen LogP contribution in [0.4, 0.5) is 14.5 Å². The minimum absolute atomic E-state index is 0.0449. The Morgan fingerprint density at radius 3 is 2.59 bits per heavy atom. The molecule has 0 unspecified atom stereocenters. The van der Waals surface area contributed by atoms with E-state index in [0.29, 0.717) is 22.7 Å². The van der Waals surface area contributed by atoms with Crippen LogP contribution in [0.1, 0.15) is 31.0 Å². The Morgan fingerprint density at radius 1 is 1.16 bits per heavy atom. The third kappa shape index (κ3) is 3.89. The standard InChI is InChI=1S/C23H21F2N5O2/c1-13(2)21-16-11-26-30(19-7-5-4-6-14(19)3)22(16)23(32)29(28-21)12-20(31)27-18-9-8-15(24)10-17(18)25/h4-11,13H,12H2,1-3H3,(H,27,31). The molecule has 0 spiro atoms. The van der Waals surface area contributed by atoms with Crippen molar-refractivity contribution in [3.05, 3.63) is 81.9 Å². The van der Waals surface area contributed by atoms with Gasteiger partial charge in [0.15, 0.2) is 0 Å². The highest BCUT2D eigenvalue weighted by Gasteiger charge is 2.20. The molecular weight excluding hydrogens is 416 g/mol. The van der Waals surface area contributed by atoms with Crippen LogP contribution in [0.5, 0.6) is 0 Å². The van der Waals surface area contributed by atoms with Gasteiger partial charge in [-0.1, -0.05) is 32.0 Å². The fourth-order valence-electron chi connectivity index (χ4n) is 3.53. The molecule has 0 aliphatic heterocycles. The second kappa shape index (κ2) is 8.33. The Hall–Kier alpha value is -3.88. The fourth-order valence-corrected chi connectivity index (χ4v) is 3.53. The van der Waals surface area contributed by atoms with Crippen molar-refractivity contribution in [2.45, 2.75) is 33.2 Å². The van der Waals surface area contributed by atoms with Gasteiger partial charge < -0.3 is 5.32 Å². The van der Waals surface area contributed by atoms with E-state index in [1.807, 2.05) is 45.0 Å². The van der Waals surface area contributed by atoms with Crippen LogP contribution < -0.4 is 10.9 Å². The van der Waals surface area contributed by atoms with Gasteiger partial charge in [-0.05, 0) is 36.6 Å². The summed E-state index contributed by atoms with van der Waals surface area (Å²) >= 11 is 0. The first-order chi connectivity index (χ1) is 15.3. The van der Waals surface area contributed by atoms with E-state index in [-0.39, 0.29) is 11.6 Å². The molecule has 0 aliphatic rings. The average molecular weight is 437 g/mol. The quantitative estimate of drug-likeness (QED) is 0.513. The molecule has 0 saturated heterocycles. The largest absolute Gasteiger partial charge is 0.322 e. The number of amides is 1. The van der Waals surface area contributed by atoms with Gasteiger partial charge in [0.2, 0.25) is 5.91 Å². The number of fused-ring (bicyclic) bond motifs is 1. The van der Waals surface area contributed by atoms with E-state index in [1.165, 1.54) is 0 Å². The van der Waals surface area contributed by atoms with Crippen molar-refractivity contribution in [2.75, 3.05) is 5.32 Å². The number of hydrogen-bond donors (Lipinski definition) is 1. The molecule has 2 heterocycles. The van der Waals surface area contributed by atoms with Gasteiger partial charge in [0.25, 0.3) is 5.56 Å². The minimum Gasteiger partial charge on any atom is -0.322 e. The van der Waals surface area contributed by atoms with E-state index < -0.39 is 29.6 Å². The number of hydrogen-bond acceptors (Lipinski definition) is 4. The summed E-state index contributed by atoms with van der Waals surface area (Å²) in [5.74, 6) is -2.37. The minimum atomic E-state index is -0.908. The monoisotopic (exact) mass is 437 g/mol. The van der Waals surface area contributed by atoms with Gasteiger partial charge in [0, 0.05) is 11.5 Å². The van der Waals surface area contributed by atoms with E-state index in [4.69, 9.17) is 0 Å². The van der Waals surface area contributed by atoms with Crippen molar-refractivity contribution >= 4 is 22.5 Å². The lowest BCUT2D eigenvalue weighted by atomic mass is 10.1. The molecule has 4 rings (SSSR count). The summed E-state index contributed by atoms with van der Waals surface area (Å²) in [6.45, 7) is 5.33. The molecule has 1 amide bonds. The molecule has 4 aromatic rings. The number of nitrogens with one attached hydrogen (secondary N) is 1. The van der Waals surface area contributed by atoms with Crippen LogP contribution in [0.2, 0.25) is 0 Å². The summed E-state index contributed by atoms with van der Waals surface area (Å²) in [7, 11) is 0. The van der Waals surface area contributed by atoms with Crippen molar-refractivity contribution in [3.8, 4) is 5.69 Å². The summed E-state index contributed by atoms with van der Waals surface area (Å²) in [6, 6.07) is 10.3. The molecule has 164 valence electrons. The highest BCUT2D eigenvalue weighted by atomic mass is 19.1. The number of carbonyl (C=O) groups is 1. The Kier molecular flexibility index (Phi) is 5.56. The van der Waals surface area contributed by atoms with Crippen LogP contribution in [-0.4, -0.2) is 25.5 Å². The maximum atomic E-state index is 13.9. The van der Waals surface area contributed by atoms with Crippen molar-refractivity contribution in [1.82, 2.24) is 19.6 Å². The third-order valence-electron chi connectivity index (χ3n) is 5.10. The van der Waals surface area contributed by atoms with Gasteiger partial charge in [0.05, 0.1) is 23.3 Å². The smallest absolute Gasteiger partial charge is 0.293 e. The van der Waals surface area contributed by atoms with E-state index in [1.54, 1.807) is 10.9 Å². The number of benzene rings is 2. The summed E-state index contributed by atoms with van der Waals surface area (Å²) < 4.78 is 29.6. The lowest BCUT2D eigenvalue weighted by molar-refractivity contribution is -0.117. The molecule has 2 aromatic heterocycles. The third-order valence-corrected chi connectivity index (χ3v) is 5.10. The predicted octanol–water partition coefficient (Wildman–Crippen LogP) is 3.93. The number of anilines is 1. The summed E-state index contributed by atoms with van der Waals surface area (Å²) in [6.07, 6.45) is 1.60. The van der Waals surface area contributed by atoms with Crippen LogP contribution >= 0.6 is 0 Å². The predicted molar refractivity (Wildman–Crippen MR) is 117 cm³/mol. The first-order valence-electron chi connectivity index (χ1n) is 10.1. The zero-order valence-corrected chi connectivity index (χ0v) is 17.8. The van der Waals surface area contributed by atoms with Gasteiger partial charge in [0.1, 0.15) is 23.7 Å². The topological polar surface area (TPSA) is 81.8 Å². The molecule has 7 nitrogen and oxygen atoms in total. The molecule has 0 fully saturated rings. The van der Waals surface area contributed by atoms with Crippen LogP contribution in [0.3, 0.4) is 0 Å². The summed E-state index contributed by atoms with van der Waals surface area (Å²) in [4.78, 5) is 25.8. The molecule has 0 saturated carbocycles. The average Bonchev–Trinajstić information content (AvgIpc) is 3.17. The first-order valence-corrected chi connectivity index (χ1v) is 10.1. The number of para-hydroxylation sites is 1. The van der Waals surface area contributed by atoms with Crippen LogP contribution in [-0.2, 0) is 11.3 Å². The number of aromatic nitrogens is 4. The Balaban J connectivity index is 1.79. The lowest BCUT2D eigenvalue weighted by Gasteiger charge is -2.13. The molecule has 0 radical (unpaired) electrons. The van der Waals surface area contributed by atoms with Gasteiger partial charge >= 0.3 is 0 Å². The van der Waals surface area contributed by atoms with Crippen molar-refractivity contribution in [3.63, 3.8) is 0 Å².